The summed E-state index contributed by atoms with van der Waals surface area (Å²) in [4.78, 5) is 16.1. The molecule has 0 saturated carbocycles. The van der Waals surface area contributed by atoms with Gasteiger partial charge in [-0.3, -0.25) is 9.69 Å². The van der Waals surface area contributed by atoms with E-state index in [1.165, 1.54) is 0 Å². The summed E-state index contributed by atoms with van der Waals surface area (Å²) in [5.41, 5.74) is 0. The van der Waals surface area contributed by atoms with Crippen LogP contribution in [0, 0.1) is 11.3 Å². The van der Waals surface area contributed by atoms with E-state index in [9.17, 15) is 20.3 Å². The molecule has 3 atom stereocenters. The molecule has 1 fully saturated rings. The lowest BCUT2D eigenvalue weighted by molar-refractivity contribution is -0.133. The predicted octanol–water partition coefficient (Wildman–Crippen LogP) is 1.68. The van der Waals surface area contributed by atoms with Crippen molar-refractivity contribution >= 4 is 5.91 Å². The Morgan fingerprint density at radius 3 is 2.00 bits per heavy atom. The van der Waals surface area contributed by atoms with Crippen LogP contribution < -0.4 is 9.47 Å². The first kappa shape index (κ1) is 24.5. The average Bonchev–Trinajstić information content (AvgIpc) is 3.32. The van der Waals surface area contributed by atoms with E-state index in [0.29, 0.717) is 24.5 Å². The Morgan fingerprint density at radius 1 is 1.00 bits per heavy atom. The van der Waals surface area contributed by atoms with Gasteiger partial charge in [-0.1, -0.05) is 36.4 Å². The first-order valence-corrected chi connectivity index (χ1v) is 11.2. The molecule has 8 nitrogen and oxygen atoms in total. The van der Waals surface area contributed by atoms with Crippen LogP contribution in [0.3, 0.4) is 0 Å². The van der Waals surface area contributed by atoms with Crippen molar-refractivity contribution in [3.8, 4) is 17.6 Å². The number of carbonyl (C=O) groups is 1. The highest BCUT2D eigenvalue weighted by molar-refractivity contribution is 5.79. The minimum Gasteiger partial charge on any atom is -0.491 e. The standard InChI is InChI=1S/C25H31N3O5/c26-14-20-8-7-13-28(20)25(31)17-27(15-21(29)18-32-23-9-3-1-4-10-23)16-22(30)19-33-24-11-5-2-6-12-24/h1-6,9-12,20-22,29-30H,7-8,13,15-19H2/t20-,21-,22-/m0/s1. The molecule has 0 radical (unpaired) electrons. The second kappa shape index (κ2) is 12.8. The molecule has 176 valence electrons. The predicted molar refractivity (Wildman–Crippen MR) is 123 cm³/mol. The zero-order valence-electron chi connectivity index (χ0n) is 18.6. The maximum Gasteiger partial charge on any atom is 0.237 e. The summed E-state index contributed by atoms with van der Waals surface area (Å²) in [6.45, 7) is 0.900. The molecule has 2 N–H and O–H groups in total. The molecule has 0 aliphatic carbocycles. The largest absolute Gasteiger partial charge is 0.491 e. The Labute approximate surface area is 194 Å². The van der Waals surface area contributed by atoms with Gasteiger partial charge in [-0.25, -0.2) is 0 Å². The lowest BCUT2D eigenvalue weighted by Crippen LogP contribution is -2.48. The molecule has 2 aromatic rings. The van der Waals surface area contributed by atoms with Gasteiger partial charge in [0.1, 0.15) is 43.0 Å². The number of carbonyl (C=O) groups excluding carboxylic acids is 1. The molecular formula is C25H31N3O5. The van der Waals surface area contributed by atoms with Crippen molar-refractivity contribution in [1.29, 1.82) is 5.26 Å². The van der Waals surface area contributed by atoms with E-state index in [4.69, 9.17) is 9.47 Å². The fraction of sp³-hybridized carbons (Fsp3) is 0.440. The number of aliphatic hydroxyl groups is 2. The molecular weight excluding hydrogens is 422 g/mol. The van der Waals surface area contributed by atoms with Crippen LogP contribution in [0.15, 0.2) is 60.7 Å². The fourth-order valence-electron chi connectivity index (χ4n) is 3.80. The van der Waals surface area contributed by atoms with Gasteiger partial charge in [-0.05, 0) is 37.1 Å². The van der Waals surface area contributed by atoms with Gasteiger partial charge in [-0.15, -0.1) is 0 Å². The maximum atomic E-state index is 12.9. The van der Waals surface area contributed by atoms with E-state index >= 15 is 0 Å². The third kappa shape index (κ3) is 8.06. The summed E-state index contributed by atoms with van der Waals surface area (Å²) in [6.07, 6.45) is -0.273. The number of likely N-dealkylation sites (tertiary alicyclic amines) is 1. The molecule has 8 heteroatoms. The Hall–Kier alpha value is -3.12. The molecule has 3 rings (SSSR count). The van der Waals surface area contributed by atoms with Gasteiger partial charge in [0, 0.05) is 19.6 Å². The van der Waals surface area contributed by atoms with Crippen LogP contribution in [0.2, 0.25) is 0 Å². The number of rotatable bonds is 12. The molecule has 0 aromatic heterocycles. The lowest BCUT2D eigenvalue weighted by Gasteiger charge is -2.29. The van der Waals surface area contributed by atoms with Crippen molar-refractivity contribution in [3.05, 3.63) is 60.7 Å². The number of nitrogens with zero attached hydrogens (tertiary/aromatic N) is 3. The Kier molecular flexibility index (Phi) is 9.51. The summed E-state index contributed by atoms with van der Waals surface area (Å²) < 4.78 is 11.2. The second-order valence-corrected chi connectivity index (χ2v) is 8.12. The van der Waals surface area contributed by atoms with Crippen LogP contribution in [0.1, 0.15) is 12.8 Å². The van der Waals surface area contributed by atoms with Crippen LogP contribution in [0.25, 0.3) is 0 Å². The van der Waals surface area contributed by atoms with Crippen LogP contribution in [-0.4, -0.2) is 83.6 Å². The summed E-state index contributed by atoms with van der Waals surface area (Å²) in [7, 11) is 0. The molecule has 1 aliphatic heterocycles. The van der Waals surface area contributed by atoms with Gasteiger partial charge in [0.05, 0.1) is 12.6 Å². The van der Waals surface area contributed by atoms with E-state index in [1.54, 1.807) is 34.1 Å². The van der Waals surface area contributed by atoms with Crippen molar-refractivity contribution in [2.24, 2.45) is 0 Å². The Balaban J connectivity index is 1.56. The van der Waals surface area contributed by atoms with Gasteiger partial charge in [-0.2, -0.15) is 5.26 Å². The number of amides is 1. The highest BCUT2D eigenvalue weighted by atomic mass is 16.5. The monoisotopic (exact) mass is 453 g/mol. The number of aliphatic hydroxyl groups excluding tert-OH is 2. The number of benzene rings is 2. The zero-order chi connectivity index (χ0) is 23.5. The van der Waals surface area contributed by atoms with Crippen molar-refractivity contribution in [3.63, 3.8) is 0 Å². The number of hydrogen-bond acceptors (Lipinski definition) is 7. The van der Waals surface area contributed by atoms with Crippen molar-refractivity contribution in [1.82, 2.24) is 9.80 Å². The van der Waals surface area contributed by atoms with Crippen LogP contribution in [0.4, 0.5) is 0 Å². The van der Waals surface area contributed by atoms with Gasteiger partial charge >= 0.3 is 0 Å². The Bertz CT molecular complexity index is 838. The van der Waals surface area contributed by atoms with Gasteiger partial charge in [0.2, 0.25) is 5.91 Å². The highest BCUT2D eigenvalue weighted by Crippen LogP contribution is 2.17. The van der Waals surface area contributed by atoms with Crippen LogP contribution in [-0.2, 0) is 4.79 Å². The molecule has 33 heavy (non-hydrogen) atoms. The number of para-hydroxylation sites is 2. The van der Waals surface area contributed by atoms with Crippen LogP contribution in [0.5, 0.6) is 11.5 Å². The number of nitriles is 1. The molecule has 1 saturated heterocycles. The number of hydrogen-bond donors (Lipinski definition) is 2. The first-order valence-electron chi connectivity index (χ1n) is 11.2. The third-order valence-electron chi connectivity index (χ3n) is 5.39. The van der Waals surface area contributed by atoms with Crippen LogP contribution >= 0.6 is 0 Å². The topological polar surface area (TPSA) is 106 Å². The summed E-state index contributed by atoms with van der Waals surface area (Å²) in [6, 6.07) is 20.1. The molecule has 1 amide bonds. The highest BCUT2D eigenvalue weighted by Gasteiger charge is 2.30. The molecule has 1 aliphatic rings. The molecule has 0 unspecified atom stereocenters. The average molecular weight is 454 g/mol. The Morgan fingerprint density at radius 2 is 1.52 bits per heavy atom. The molecule has 0 bridgehead atoms. The minimum atomic E-state index is -0.870. The van der Waals surface area contributed by atoms with Gasteiger partial charge in [0.15, 0.2) is 0 Å². The van der Waals surface area contributed by atoms with E-state index in [1.807, 2.05) is 36.4 Å². The second-order valence-electron chi connectivity index (χ2n) is 8.12. The third-order valence-corrected chi connectivity index (χ3v) is 5.39. The molecule has 2 aromatic carbocycles. The fourth-order valence-corrected chi connectivity index (χ4v) is 3.80. The number of ether oxygens (including phenoxy) is 2. The van der Waals surface area contributed by atoms with E-state index < -0.39 is 18.2 Å². The van der Waals surface area contributed by atoms with Crippen molar-refractivity contribution in [2.75, 3.05) is 39.4 Å². The van der Waals surface area contributed by atoms with Gasteiger partial charge in [0.25, 0.3) is 0 Å². The van der Waals surface area contributed by atoms with Gasteiger partial charge < -0.3 is 24.6 Å². The van der Waals surface area contributed by atoms with E-state index in [-0.39, 0.29) is 38.8 Å². The summed E-state index contributed by atoms with van der Waals surface area (Å²) >= 11 is 0. The zero-order valence-corrected chi connectivity index (χ0v) is 18.6. The molecule has 1 heterocycles. The van der Waals surface area contributed by atoms with E-state index in [0.717, 1.165) is 6.42 Å². The van der Waals surface area contributed by atoms with Crippen molar-refractivity contribution in [2.45, 2.75) is 31.1 Å². The molecule has 0 spiro atoms. The SMILES string of the molecule is N#C[C@@H]1CCCN1C(=O)CN(C[C@H](O)COc1ccccc1)C[C@H](O)COc1ccccc1. The first-order chi connectivity index (χ1) is 16.0. The quantitative estimate of drug-likeness (QED) is 0.504. The minimum absolute atomic E-state index is 0.0109. The lowest BCUT2D eigenvalue weighted by atomic mass is 10.2. The maximum absolute atomic E-state index is 12.9. The summed E-state index contributed by atoms with van der Waals surface area (Å²) in [5, 5.41) is 30.3. The smallest absolute Gasteiger partial charge is 0.237 e. The summed E-state index contributed by atoms with van der Waals surface area (Å²) in [5.74, 6) is 1.10. The van der Waals surface area contributed by atoms with E-state index in [2.05, 4.69) is 6.07 Å². The normalized spacial score (nSPS) is 17.4. The van der Waals surface area contributed by atoms with Crippen molar-refractivity contribution < 1.29 is 24.5 Å².